The molecule has 0 radical (unpaired) electrons. The van der Waals surface area contributed by atoms with Crippen LogP contribution in [0.4, 0.5) is 0 Å². The average molecular weight is 216 g/mol. The van der Waals surface area contributed by atoms with Crippen LogP contribution in [0.1, 0.15) is 12.5 Å². The van der Waals surface area contributed by atoms with Gasteiger partial charge in [-0.2, -0.15) is 13.5 Å². The molecule has 0 aliphatic carbocycles. The van der Waals surface area contributed by atoms with Crippen LogP contribution in [0.25, 0.3) is 11.1 Å². The molecule has 0 saturated carbocycles. The SMILES string of the molecule is CCc1ccccc1-c1ccccc1.S. The average Bonchev–Trinajstić information content (AvgIpc) is 2.30. The minimum absolute atomic E-state index is 0. The molecule has 78 valence electrons. The lowest BCUT2D eigenvalue weighted by molar-refractivity contribution is 1.14. The summed E-state index contributed by atoms with van der Waals surface area (Å²) in [5.74, 6) is 0. The van der Waals surface area contributed by atoms with Gasteiger partial charge in [0.1, 0.15) is 0 Å². The minimum Gasteiger partial charge on any atom is -0.197 e. The summed E-state index contributed by atoms with van der Waals surface area (Å²) < 4.78 is 0. The van der Waals surface area contributed by atoms with Gasteiger partial charge >= 0.3 is 0 Å². The third-order valence-electron chi connectivity index (χ3n) is 2.48. The molecule has 0 amide bonds. The second-order valence-electron chi connectivity index (χ2n) is 3.38. The highest BCUT2D eigenvalue weighted by atomic mass is 32.1. The van der Waals surface area contributed by atoms with E-state index in [0.29, 0.717) is 0 Å². The van der Waals surface area contributed by atoms with Gasteiger partial charge < -0.3 is 0 Å². The van der Waals surface area contributed by atoms with E-state index in [2.05, 4.69) is 61.5 Å². The van der Waals surface area contributed by atoms with E-state index in [1.807, 2.05) is 0 Å². The predicted octanol–water partition coefficient (Wildman–Crippen LogP) is 4.03. The second-order valence-corrected chi connectivity index (χ2v) is 3.38. The standard InChI is InChI=1S/C14H14.H2S/c1-2-12-8-6-7-11-14(12)13-9-4-3-5-10-13;/h3-11H,2H2,1H3;1H2. The summed E-state index contributed by atoms with van der Waals surface area (Å²) in [6, 6.07) is 19.1. The summed E-state index contributed by atoms with van der Waals surface area (Å²) >= 11 is 0. The molecular weight excluding hydrogens is 200 g/mol. The molecule has 0 unspecified atom stereocenters. The van der Waals surface area contributed by atoms with E-state index in [9.17, 15) is 0 Å². The molecular formula is C14H16S. The Kier molecular flexibility index (Phi) is 4.44. The van der Waals surface area contributed by atoms with Gasteiger partial charge in [0.15, 0.2) is 0 Å². The third-order valence-corrected chi connectivity index (χ3v) is 2.48. The Hall–Kier alpha value is -1.21. The number of hydrogen-bond acceptors (Lipinski definition) is 0. The minimum atomic E-state index is 0. The molecule has 0 N–H and O–H groups in total. The van der Waals surface area contributed by atoms with Gasteiger partial charge in [0.25, 0.3) is 0 Å². The number of rotatable bonds is 2. The van der Waals surface area contributed by atoms with Crippen molar-refractivity contribution in [2.24, 2.45) is 0 Å². The number of aryl methyl sites for hydroxylation is 1. The smallest absolute Gasteiger partial charge is 0.0152 e. The van der Waals surface area contributed by atoms with Crippen molar-refractivity contribution in [3.63, 3.8) is 0 Å². The van der Waals surface area contributed by atoms with Crippen molar-refractivity contribution >= 4 is 13.5 Å². The molecule has 0 aliphatic heterocycles. The van der Waals surface area contributed by atoms with Crippen molar-refractivity contribution in [3.8, 4) is 11.1 Å². The fraction of sp³-hybridized carbons (Fsp3) is 0.143. The highest BCUT2D eigenvalue weighted by Gasteiger charge is 2.00. The summed E-state index contributed by atoms with van der Waals surface area (Å²) in [6.45, 7) is 2.20. The van der Waals surface area contributed by atoms with Crippen molar-refractivity contribution in [3.05, 3.63) is 60.2 Å². The van der Waals surface area contributed by atoms with Gasteiger partial charge in [0, 0.05) is 0 Å². The first kappa shape index (κ1) is 11.9. The van der Waals surface area contributed by atoms with Crippen molar-refractivity contribution in [2.75, 3.05) is 0 Å². The number of benzene rings is 2. The van der Waals surface area contributed by atoms with E-state index >= 15 is 0 Å². The van der Waals surface area contributed by atoms with Gasteiger partial charge in [0.05, 0.1) is 0 Å². The maximum absolute atomic E-state index is 2.20. The van der Waals surface area contributed by atoms with Gasteiger partial charge in [-0.05, 0) is 23.1 Å². The van der Waals surface area contributed by atoms with Gasteiger partial charge in [-0.25, -0.2) is 0 Å². The van der Waals surface area contributed by atoms with Gasteiger partial charge in [-0.3, -0.25) is 0 Å². The van der Waals surface area contributed by atoms with Crippen LogP contribution in [0.3, 0.4) is 0 Å². The van der Waals surface area contributed by atoms with Crippen molar-refractivity contribution in [1.29, 1.82) is 0 Å². The molecule has 0 aromatic heterocycles. The van der Waals surface area contributed by atoms with Crippen LogP contribution in [-0.2, 0) is 6.42 Å². The molecule has 0 nitrogen and oxygen atoms in total. The predicted molar refractivity (Wildman–Crippen MR) is 71.6 cm³/mol. The molecule has 0 spiro atoms. The molecule has 2 rings (SSSR count). The largest absolute Gasteiger partial charge is 0.197 e. The molecule has 0 aliphatic rings. The summed E-state index contributed by atoms with van der Waals surface area (Å²) in [5, 5.41) is 0. The van der Waals surface area contributed by atoms with Crippen LogP contribution >= 0.6 is 13.5 Å². The van der Waals surface area contributed by atoms with E-state index in [0.717, 1.165) is 6.42 Å². The molecule has 0 atom stereocenters. The Morgan fingerprint density at radius 3 is 2.07 bits per heavy atom. The highest BCUT2D eigenvalue weighted by Crippen LogP contribution is 2.23. The Labute approximate surface area is 98.4 Å². The Morgan fingerprint density at radius 2 is 1.40 bits per heavy atom. The molecule has 2 aromatic rings. The topological polar surface area (TPSA) is 0 Å². The Balaban J connectivity index is 0.00000112. The number of hydrogen-bond donors (Lipinski definition) is 0. The molecule has 15 heavy (non-hydrogen) atoms. The zero-order valence-electron chi connectivity index (χ0n) is 8.90. The van der Waals surface area contributed by atoms with Crippen molar-refractivity contribution < 1.29 is 0 Å². The quantitative estimate of drug-likeness (QED) is 0.711. The first-order valence-corrected chi connectivity index (χ1v) is 5.05. The third kappa shape index (κ3) is 2.63. The van der Waals surface area contributed by atoms with Gasteiger partial charge in [-0.1, -0.05) is 61.5 Å². The monoisotopic (exact) mass is 216 g/mol. The van der Waals surface area contributed by atoms with E-state index < -0.39 is 0 Å². The van der Waals surface area contributed by atoms with Crippen LogP contribution in [0.15, 0.2) is 54.6 Å². The summed E-state index contributed by atoms with van der Waals surface area (Å²) in [5.41, 5.74) is 4.08. The second kappa shape index (κ2) is 5.62. The van der Waals surface area contributed by atoms with E-state index in [4.69, 9.17) is 0 Å². The first-order valence-electron chi connectivity index (χ1n) is 5.05. The molecule has 0 heterocycles. The molecule has 2 aromatic carbocycles. The van der Waals surface area contributed by atoms with Gasteiger partial charge in [-0.15, -0.1) is 0 Å². The maximum Gasteiger partial charge on any atom is -0.0152 e. The van der Waals surface area contributed by atoms with Crippen molar-refractivity contribution in [2.45, 2.75) is 13.3 Å². The van der Waals surface area contributed by atoms with Crippen LogP contribution < -0.4 is 0 Å². The zero-order valence-corrected chi connectivity index (χ0v) is 9.90. The molecule has 0 fully saturated rings. The van der Waals surface area contributed by atoms with Gasteiger partial charge in [0.2, 0.25) is 0 Å². The van der Waals surface area contributed by atoms with E-state index in [1.165, 1.54) is 16.7 Å². The maximum atomic E-state index is 2.20. The lowest BCUT2D eigenvalue weighted by Crippen LogP contribution is -1.85. The van der Waals surface area contributed by atoms with Crippen LogP contribution in [0, 0.1) is 0 Å². The first-order chi connectivity index (χ1) is 6.92. The normalized spacial score (nSPS) is 9.40. The lowest BCUT2D eigenvalue weighted by Gasteiger charge is -2.06. The molecule has 1 heteroatoms. The zero-order chi connectivity index (χ0) is 9.80. The highest BCUT2D eigenvalue weighted by molar-refractivity contribution is 7.59. The van der Waals surface area contributed by atoms with E-state index in [-0.39, 0.29) is 13.5 Å². The van der Waals surface area contributed by atoms with Crippen LogP contribution in [0.5, 0.6) is 0 Å². The van der Waals surface area contributed by atoms with E-state index in [1.54, 1.807) is 0 Å². The summed E-state index contributed by atoms with van der Waals surface area (Å²) in [4.78, 5) is 0. The fourth-order valence-corrected chi connectivity index (χ4v) is 1.73. The fourth-order valence-electron chi connectivity index (χ4n) is 1.73. The molecule has 0 saturated heterocycles. The lowest BCUT2D eigenvalue weighted by atomic mass is 9.98. The van der Waals surface area contributed by atoms with Crippen molar-refractivity contribution in [1.82, 2.24) is 0 Å². The molecule has 0 bridgehead atoms. The van der Waals surface area contributed by atoms with Crippen LogP contribution in [0.2, 0.25) is 0 Å². The summed E-state index contributed by atoms with van der Waals surface area (Å²) in [6.07, 6.45) is 1.09. The summed E-state index contributed by atoms with van der Waals surface area (Å²) in [7, 11) is 0. The Morgan fingerprint density at radius 1 is 0.800 bits per heavy atom. The Bertz CT molecular complexity index is 407. The van der Waals surface area contributed by atoms with Crippen LogP contribution in [-0.4, -0.2) is 0 Å².